The summed E-state index contributed by atoms with van der Waals surface area (Å²) >= 11 is 0. The van der Waals surface area contributed by atoms with E-state index in [4.69, 9.17) is 18.9 Å². The second kappa shape index (κ2) is 12.6. The van der Waals surface area contributed by atoms with Gasteiger partial charge in [-0.25, -0.2) is 0 Å². The number of benzene rings is 2. The number of hydrogen-bond donors (Lipinski definition) is 4. The third kappa shape index (κ3) is 5.70. The van der Waals surface area contributed by atoms with Gasteiger partial charge in [-0.05, 0) is 55.7 Å². The number of amides is 4. The molecule has 45 heavy (non-hydrogen) atoms. The predicted octanol–water partition coefficient (Wildman–Crippen LogP) is 0.620. The number of hydrogen-bond acceptors (Lipinski definition) is 10. The van der Waals surface area contributed by atoms with Crippen molar-refractivity contribution in [3.63, 3.8) is 0 Å². The zero-order valence-electron chi connectivity index (χ0n) is 24.9. The summed E-state index contributed by atoms with van der Waals surface area (Å²) in [5, 5.41) is 26.9. The molecule has 14 heteroatoms. The molecule has 0 aromatic heterocycles. The molecular formula is C31H36N4O10. The summed E-state index contributed by atoms with van der Waals surface area (Å²) in [6, 6.07) is 7.67. The number of aliphatic hydroxyl groups excluding tert-OH is 2. The van der Waals surface area contributed by atoms with E-state index in [1.165, 1.54) is 24.0 Å². The van der Waals surface area contributed by atoms with E-state index in [-0.39, 0.29) is 37.4 Å². The molecule has 2 saturated heterocycles. The Hall–Kier alpha value is -4.24. The van der Waals surface area contributed by atoms with Gasteiger partial charge in [0.25, 0.3) is 11.8 Å². The highest BCUT2D eigenvalue weighted by atomic mass is 16.5. The van der Waals surface area contributed by atoms with Crippen molar-refractivity contribution in [3.05, 3.63) is 47.5 Å². The molecule has 4 aliphatic heterocycles. The van der Waals surface area contributed by atoms with Gasteiger partial charge in [0.2, 0.25) is 11.8 Å². The number of carbonyl (C=O) groups is 4. The Morgan fingerprint density at radius 3 is 1.51 bits per heavy atom. The van der Waals surface area contributed by atoms with E-state index < -0.39 is 60.1 Å². The van der Waals surface area contributed by atoms with Gasteiger partial charge in [0, 0.05) is 13.2 Å². The third-order valence-corrected chi connectivity index (χ3v) is 8.72. The minimum atomic E-state index is -1.03. The van der Waals surface area contributed by atoms with Gasteiger partial charge in [0.1, 0.15) is 48.0 Å². The van der Waals surface area contributed by atoms with Crippen molar-refractivity contribution in [2.45, 2.75) is 55.8 Å². The van der Waals surface area contributed by atoms with Crippen LogP contribution in [0.5, 0.6) is 11.5 Å². The van der Waals surface area contributed by atoms with Crippen LogP contribution < -0.4 is 20.1 Å². The Balaban J connectivity index is 0.990. The first kappa shape index (κ1) is 30.8. The molecule has 6 rings (SSSR count). The Labute approximate surface area is 259 Å². The Morgan fingerprint density at radius 1 is 0.689 bits per heavy atom. The van der Waals surface area contributed by atoms with Gasteiger partial charge in [-0.1, -0.05) is 0 Å². The van der Waals surface area contributed by atoms with Gasteiger partial charge in [-0.2, -0.15) is 0 Å². The zero-order chi connectivity index (χ0) is 31.8. The van der Waals surface area contributed by atoms with Gasteiger partial charge in [-0.3, -0.25) is 19.2 Å². The number of nitrogens with one attached hydrogen (secondary N) is 2. The van der Waals surface area contributed by atoms with E-state index in [2.05, 4.69) is 10.6 Å². The molecule has 4 N–H and O–H groups in total. The first-order valence-corrected chi connectivity index (χ1v) is 14.9. The van der Waals surface area contributed by atoms with Crippen molar-refractivity contribution in [1.82, 2.24) is 9.80 Å². The molecule has 2 aromatic rings. The van der Waals surface area contributed by atoms with Crippen LogP contribution in [-0.2, 0) is 19.1 Å². The highest BCUT2D eigenvalue weighted by Crippen LogP contribution is 2.34. The van der Waals surface area contributed by atoms with Crippen molar-refractivity contribution in [3.8, 4) is 11.5 Å². The average molecular weight is 625 g/mol. The van der Waals surface area contributed by atoms with Crippen LogP contribution in [0.15, 0.2) is 36.4 Å². The zero-order valence-corrected chi connectivity index (χ0v) is 24.9. The average Bonchev–Trinajstić information content (AvgIpc) is 3.49. The van der Waals surface area contributed by atoms with Crippen molar-refractivity contribution < 1.29 is 48.3 Å². The van der Waals surface area contributed by atoms with Crippen molar-refractivity contribution in [2.24, 2.45) is 0 Å². The minimum Gasteiger partial charge on any atom is -0.497 e. The van der Waals surface area contributed by atoms with Crippen LogP contribution in [-0.4, -0.2) is 121 Å². The van der Waals surface area contributed by atoms with Gasteiger partial charge >= 0.3 is 0 Å². The van der Waals surface area contributed by atoms with Gasteiger partial charge in [-0.15, -0.1) is 0 Å². The summed E-state index contributed by atoms with van der Waals surface area (Å²) in [7, 11) is 2.97. The molecule has 0 bridgehead atoms. The van der Waals surface area contributed by atoms with E-state index in [1.54, 1.807) is 36.4 Å². The van der Waals surface area contributed by atoms with Gasteiger partial charge in [0.15, 0.2) is 0 Å². The third-order valence-electron chi connectivity index (χ3n) is 8.72. The highest BCUT2D eigenvalue weighted by Gasteiger charge is 2.51. The normalized spacial score (nSPS) is 27.1. The Kier molecular flexibility index (Phi) is 8.64. The van der Waals surface area contributed by atoms with Crippen LogP contribution in [0, 0.1) is 0 Å². The van der Waals surface area contributed by atoms with Crippen LogP contribution in [0.25, 0.3) is 0 Å². The number of unbranched alkanes of at least 4 members (excludes halogenated alkanes) is 2. The minimum absolute atomic E-state index is 0.0390. The number of aliphatic hydroxyl groups is 2. The number of carbonyl (C=O) groups excluding carboxylic acids is 4. The number of nitrogens with zero attached hydrogens (tertiary/aromatic N) is 2. The molecule has 240 valence electrons. The fourth-order valence-electron chi connectivity index (χ4n) is 6.43. The lowest BCUT2D eigenvalue weighted by atomic mass is 10.1. The molecule has 2 aromatic carbocycles. The summed E-state index contributed by atoms with van der Waals surface area (Å²) in [5.41, 5.74) is 1.31. The first-order valence-electron chi connectivity index (χ1n) is 14.9. The molecule has 2 fully saturated rings. The summed E-state index contributed by atoms with van der Waals surface area (Å²) in [6.07, 6.45) is -2.05. The summed E-state index contributed by atoms with van der Waals surface area (Å²) in [6.45, 7) is 0.385. The van der Waals surface area contributed by atoms with Crippen LogP contribution in [0.4, 0.5) is 11.4 Å². The van der Waals surface area contributed by atoms with Crippen molar-refractivity contribution >= 4 is 35.0 Å². The fraction of sp³-hybridized carbons (Fsp3) is 0.484. The molecule has 0 saturated carbocycles. The van der Waals surface area contributed by atoms with Crippen LogP contribution in [0.1, 0.15) is 40.0 Å². The molecular weight excluding hydrogens is 588 g/mol. The van der Waals surface area contributed by atoms with E-state index in [9.17, 15) is 29.4 Å². The maximum atomic E-state index is 13.3. The molecule has 4 heterocycles. The molecule has 0 spiro atoms. The summed E-state index contributed by atoms with van der Waals surface area (Å²) < 4.78 is 22.3. The first-order chi connectivity index (χ1) is 21.7. The van der Waals surface area contributed by atoms with Crippen LogP contribution >= 0.6 is 0 Å². The lowest BCUT2D eigenvalue weighted by molar-refractivity contribution is -0.125. The van der Waals surface area contributed by atoms with Gasteiger partial charge < -0.3 is 49.6 Å². The Morgan fingerprint density at radius 2 is 1.11 bits per heavy atom. The molecule has 6 atom stereocenters. The molecule has 14 nitrogen and oxygen atoms in total. The number of rotatable bonds is 10. The standard InChI is InChI=1S/C31H36N4O10/c1-42-16-6-8-20-18(12-16)30(40)34-14-22(36)26(24(34)28(38)32-20)44-10-4-3-5-11-45-27-23(37)15-35-25(27)29(39)33-21-9-7-17(43-2)13-19(21)31(35)41/h6-9,12-13,22-27,36-37H,3-5,10-11,14-15H2,1-2H3,(H,32,38)(H,33,39)/t22-,23?,24+,25?,26?,27?/m1/s1. The highest BCUT2D eigenvalue weighted by molar-refractivity contribution is 6.11. The molecule has 4 aliphatic rings. The number of anilines is 2. The predicted molar refractivity (Wildman–Crippen MR) is 158 cm³/mol. The lowest BCUT2D eigenvalue weighted by Crippen LogP contribution is -2.47. The smallest absolute Gasteiger partial charge is 0.256 e. The van der Waals surface area contributed by atoms with E-state index in [0.29, 0.717) is 42.1 Å². The SMILES string of the molecule is COc1ccc2c(c1)C(=O)N1CC(O)C(OCCCCCOC3[C@H](O)CN4C(=O)c5cc(OC)ccc5NC(=O)[C@H]34)C1C(=O)N2. The summed E-state index contributed by atoms with van der Waals surface area (Å²) in [5.74, 6) is -0.707. The fourth-order valence-corrected chi connectivity index (χ4v) is 6.43. The molecule has 0 radical (unpaired) electrons. The Bertz CT molecular complexity index is 1390. The van der Waals surface area contributed by atoms with E-state index in [0.717, 1.165) is 0 Å². The van der Waals surface area contributed by atoms with E-state index >= 15 is 0 Å². The topological polar surface area (TPSA) is 176 Å². The maximum Gasteiger partial charge on any atom is 0.256 e. The maximum absolute atomic E-state index is 13.3. The second-order valence-electron chi connectivity index (χ2n) is 11.5. The molecule has 4 unspecified atom stereocenters. The molecule has 0 aliphatic carbocycles. The van der Waals surface area contributed by atoms with Crippen molar-refractivity contribution in [1.29, 1.82) is 0 Å². The summed E-state index contributed by atoms with van der Waals surface area (Å²) in [4.78, 5) is 55.3. The van der Waals surface area contributed by atoms with Crippen LogP contribution in [0.2, 0.25) is 0 Å². The van der Waals surface area contributed by atoms with Gasteiger partial charge in [0.05, 0.1) is 49.8 Å². The van der Waals surface area contributed by atoms with Crippen molar-refractivity contribution in [2.75, 3.05) is 51.2 Å². The van der Waals surface area contributed by atoms with Crippen LogP contribution in [0.3, 0.4) is 0 Å². The van der Waals surface area contributed by atoms with E-state index in [1.807, 2.05) is 0 Å². The lowest BCUT2D eigenvalue weighted by Gasteiger charge is -2.25. The number of methoxy groups -OCH3 is 2. The quantitative estimate of drug-likeness (QED) is 0.274. The number of fused-ring (bicyclic) bond motifs is 4. The number of ether oxygens (including phenoxy) is 4. The molecule has 4 amide bonds. The largest absolute Gasteiger partial charge is 0.497 e. The second-order valence-corrected chi connectivity index (χ2v) is 11.5. The monoisotopic (exact) mass is 624 g/mol.